The number of ketones is 1. The van der Waals surface area contributed by atoms with E-state index in [0.717, 1.165) is 31.5 Å². The molecule has 0 bridgehead atoms. The first-order chi connectivity index (χ1) is 20.2. The Hall–Kier alpha value is -4.47. The zero-order valence-electron chi connectivity index (χ0n) is 23.1. The number of hydrogen-bond donors (Lipinski definition) is 2. The van der Waals surface area contributed by atoms with Crippen LogP contribution >= 0.6 is 0 Å². The highest BCUT2D eigenvalue weighted by molar-refractivity contribution is 5.94. The third-order valence-electron chi connectivity index (χ3n) is 8.68. The van der Waals surface area contributed by atoms with Gasteiger partial charge in [-0.25, -0.2) is 0 Å². The molecule has 3 nitrogen and oxygen atoms in total. The van der Waals surface area contributed by atoms with E-state index in [1.807, 2.05) is 6.08 Å². The van der Waals surface area contributed by atoms with Gasteiger partial charge in [-0.05, 0) is 81.8 Å². The first-order valence-corrected chi connectivity index (χ1v) is 14.7. The number of rotatable bonds is 6. The molecule has 2 N–H and O–H groups in total. The summed E-state index contributed by atoms with van der Waals surface area (Å²) in [6.07, 6.45) is 11.2. The standard InChI is InChI=1S/C38H34N2O/c41-30-15-9-17-37(39-25-30)36-23-26(24-40-38(28-11-3-1-4-12-28)29-13-5-2-6-14-29)22-35-33-19-18-27-10-7-8-16-31(27)32(33)20-21-34(35)36/h1-17,20-21,23,26,38-40H,18-19,22,24-25H2. The number of allylic oxidation sites excluding steroid dienone is 3. The van der Waals surface area contributed by atoms with Crippen LogP contribution in [-0.2, 0) is 24.1 Å². The predicted octanol–water partition coefficient (Wildman–Crippen LogP) is 7.00. The average molecular weight is 535 g/mol. The molecule has 0 saturated heterocycles. The third kappa shape index (κ3) is 5.10. The van der Waals surface area contributed by atoms with Crippen LogP contribution in [0.4, 0.5) is 0 Å². The first kappa shape index (κ1) is 25.5. The molecule has 4 aromatic carbocycles. The highest BCUT2D eigenvalue weighted by Gasteiger charge is 2.28. The Morgan fingerprint density at radius 1 is 0.756 bits per heavy atom. The summed E-state index contributed by atoms with van der Waals surface area (Å²) in [5, 5.41) is 7.37. The van der Waals surface area contributed by atoms with Crippen molar-refractivity contribution in [3.8, 4) is 11.1 Å². The summed E-state index contributed by atoms with van der Waals surface area (Å²) in [5.41, 5.74) is 13.2. The minimum Gasteiger partial charge on any atom is -0.377 e. The molecule has 3 heteroatoms. The van der Waals surface area contributed by atoms with Crippen LogP contribution in [0.1, 0.15) is 39.4 Å². The normalized spacial score (nSPS) is 17.5. The molecule has 0 spiro atoms. The summed E-state index contributed by atoms with van der Waals surface area (Å²) < 4.78 is 0. The maximum absolute atomic E-state index is 12.2. The summed E-state index contributed by atoms with van der Waals surface area (Å²) in [4.78, 5) is 12.2. The van der Waals surface area contributed by atoms with Gasteiger partial charge in [0.2, 0.25) is 0 Å². The molecule has 2 aliphatic carbocycles. The summed E-state index contributed by atoms with van der Waals surface area (Å²) in [5.74, 6) is 0.406. The zero-order chi connectivity index (χ0) is 27.6. The monoisotopic (exact) mass is 534 g/mol. The summed E-state index contributed by atoms with van der Waals surface area (Å²) in [6.45, 7) is 1.17. The SMILES string of the molecule is O=C1C=CC=C(C2=CC(CNC(c3ccccc3)c3ccccc3)Cc3c2ccc2c3CCc3ccccc3-2)NC1. The van der Waals surface area contributed by atoms with Crippen LogP contribution in [0, 0.1) is 5.92 Å². The van der Waals surface area contributed by atoms with Gasteiger partial charge in [-0.1, -0.05) is 109 Å². The molecule has 41 heavy (non-hydrogen) atoms. The minimum atomic E-state index is 0.0988. The fourth-order valence-corrected chi connectivity index (χ4v) is 6.71. The fraction of sp³-hybridized carbons (Fsp3) is 0.184. The zero-order valence-corrected chi connectivity index (χ0v) is 23.1. The van der Waals surface area contributed by atoms with Gasteiger partial charge >= 0.3 is 0 Å². The van der Waals surface area contributed by atoms with E-state index in [9.17, 15) is 4.79 Å². The fourth-order valence-electron chi connectivity index (χ4n) is 6.71. The van der Waals surface area contributed by atoms with Crippen molar-refractivity contribution in [3.05, 3.63) is 160 Å². The van der Waals surface area contributed by atoms with E-state index in [1.54, 1.807) is 6.08 Å². The van der Waals surface area contributed by atoms with Crippen molar-refractivity contribution in [3.63, 3.8) is 0 Å². The number of fused-ring (bicyclic) bond motifs is 5. The Bertz CT molecular complexity index is 1640. The Balaban J connectivity index is 1.27. The molecular formula is C38H34N2O. The molecule has 0 fully saturated rings. The van der Waals surface area contributed by atoms with Gasteiger partial charge in [-0.2, -0.15) is 0 Å². The van der Waals surface area contributed by atoms with Gasteiger partial charge in [0.15, 0.2) is 5.78 Å². The third-order valence-corrected chi connectivity index (χ3v) is 8.68. The van der Waals surface area contributed by atoms with Crippen LogP contribution in [0.15, 0.2) is 127 Å². The van der Waals surface area contributed by atoms with Crippen molar-refractivity contribution >= 4 is 11.4 Å². The molecular weight excluding hydrogens is 500 g/mol. The molecule has 7 rings (SSSR count). The molecule has 1 aliphatic heterocycles. The molecule has 4 aromatic rings. The quantitative estimate of drug-likeness (QED) is 0.280. The smallest absolute Gasteiger partial charge is 0.174 e. The van der Waals surface area contributed by atoms with E-state index in [1.165, 1.54) is 50.1 Å². The molecule has 1 heterocycles. The maximum atomic E-state index is 12.2. The highest BCUT2D eigenvalue weighted by atomic mass is 16.1. The summed E-state index contributed by atoms with van der Waals surface area (Å²) >= 11 is 0. The Labute approximate surface area is 242 Å². The van der Waals surface area contributed by atoms with Crippen LogP contribution in [0.3, 0.4) is 0 Å². The number of carbonyl (C=O) groups excluding carboxylic acids is 1. The van der Waals surface area contributed by atoms with Crippen molar-refractivity contribution < 1.29 is 4.79 Å². The number of aryl methyl sites for hydroxylation is 1. The number of benzene rings is 4. The van der Waals surface area contributed by atoms with Gasteiger partial charge in [0.25, 0.3) is 0 Å². The topological polar surface area (TPSA) is 41.1 Å². The number of carbonyl (C=O) groups is 1. The molecule has 1 atom stereocenters. The Morgan fingerprint density at radius 2 is 1.46 bits per heavy atom. The van der Waals surface area contributed by atoms with Crippen LogP contribution in [0.25, 0.3) is 16.7 Å². The van der Waals surface area contributed by atoms with Crippen LogP contribution < -0.4 is 10.6 Å². The van der Waals surface area contributed by atoms with Crippen LogP contribution in [0.5, 0.6) is 0 Å². The summed E-state index contributed by atoms with van der Waals surface area (Å²) in [7, 11) is 0. The first-order valence-electron chi connectivity index (χ1n) is 14.7. The van der Waals surface area contributed by atoms with Crippen molar-refractivity contribution in [1.82, 2.24) is 10.6 Å². The second kappa shape index (κ2) is 11.2. The second-order valence-electron chi connectivity index (χ2n) is 11.2. The molecule has 0 amide bonds. The van der Waals surface area contributed by atoms with Gasteiger partial charge in [-0.15, -0.1) is 0 Å². The van der Waals surface area contributed by atoms with E-state index in [4.69, 9.17) is 0 Å². The molecule has 202 valence electrons. The van der Waals surface area contributed by atoms with Crippen molar-refractivity contribution in [2.24, 2.45) is 5.92 Å². The van der Waals surface area contributed by atoms with Gasteiger partial charge < -0.3 is 10.6 Å². The molecule has 0 aromatic heterocycles. The minimum absolute atomic E-state index is 0.0988. The van der Waals surface area contributed by atoms with E-state index in [0.29, 0.717) is 12.5 Å². The number of nitrogens with one attached hydrogen (secondary N) is 2. The Kier molecular flexibility index (Phi) is 6.96. The number of hydrogen-bond acceptors (Lipinski definition) is 3. The lowest BCUT2D eigenvalue weighted by Gasteiger charge is -2.32. The predicted molar refractivity (Wildman–Crippen MR) is 167 cm³/mol. The van der Waals surface area contributed by atoms with Crippen molar-refractivity contribution in [1.29, 1.82) is 0 Å². The van der Waals surface area contributed by atoms with E-state index in [2.05, 4.69) is 120 Å². The van der Waals surface area contributed by atoms with Gasteiger partial charge in [0.1, 0.15) is 0 Å². The van der Waals surface area contributed by atoms with Gasteiger partial charge in [0.05, 0.1) is 12.6 Å². The molecule has 1 unspecified atom stereocenters. The second-order valence-corrected chi connectivity index (χ2v) is 11.2. The average Bonchev–Trinajstić information content (AvgIpc) is 3.25. The van der Waals surface area contributed by atoms with Crippen molar-refractivity contribution in [2.45, 2.75) is 25.3 Å². The molecule has 0 radical (unpaired) electrons. The van der Waals surface area contributed by atoms with Crippen LogP contribution in [-0.4, -0.2) is 18.9 Å². The maximum Gasteiger partial charge on any atom is 0.174 e. The van der Waals surface area contributed by atoms with E-state index < -0.39 is 0 Å². The highest BCUT2D eigenvalue weighted by Crippen LogP contribution is 2.42. The molecule has 3 aliphatic rings. The Morgan fingerprint density at radius 3 is 2.24 bits per heavy atom. The lowest BCUT2D eigenvalue weighted by Crippen LogP contribution is -2.31. The van der Waals surface area contributed by atoms with Gasteiger partial charge in [-0.3, -0.25) is 4.79 Å². The lowest BCUT2D eigenvalue weighted by molar-refractivity contribution is -0.113. The summed E-state index contributed by atoms with van der Waals surface area (Å²) in [6, 6.07) is 35.0. The van der Waals surface area contributed by atoms with E-state index in [-0.39, 0.29) is 11.8 Å². The van der Waals surface area contributed by atoms with Crippen molar-refractivity contribution in [2.75, 3.05) is 13.1 Å². The van der Waals surface area contributed by atoms with Crippen LogP contribution in [0.2, 0.25) is 0 Å². The lowest BCUT2D eigenvalue weighted by atomic mass is 9.75. The van der Waals surface area contributed by atoms with E-state index >= 15 is 0 Å². The van der Waals surface area contributed by atoms with Gasteiger partial charge in [0, 0.05) is 17.8 Å². The largest absolute Gasteiger partial charge is 0.377 e. The molecule has 0 saturated carbocycles.